The van der Waals surface area contributed by atoms with Crippen LogP contribution in [0, 0.1) is 0 Å². The van der Waals surface area contributed by atoms with Crippen molar-refractivity contribution in [2.75, 3.05) is 25.0 Å². The topological polar surface area (TPSA) is 134 Å². The van der Waals surface area contributed by atoms with E-state index >= 15 is 0 Å². The number of imide groups is 1. The number of nitrogens with one attached hydrogen (secondary N) is 2. The number of ether oxygens (including phenoxy) is 1. The zero-order chi connectivity index (χ0) is 28.6. The number of carbonyl (C=O) groups excluding carboxylic acids is 4. The molecule has 39 heavy (non-hydrogen) atoms. The summed E-state index contributed by atoms with van der Waals surface area (Å²) in [6, 6.07) is 9.09. The first-order valence-electron chi connectivity index (χ1n) is 13.1. The summed E-state index contributed by atoms with van der Waals surface area (Å²) in [5.74, 6) is -1.26. The Morgan fingerprint density at radius 3 is 2.23 bits per heavy atom. The Morgan fingerprint density at radius 1 is 1.08 bits per heavy atom. The van der Waals surface area contributed by atoms with E-state index in [1.807, 2.05) is 52.8 Å². The number of carbonyl (C=O) groups is 4. The van der Waals surface area contributed by atoms with Gasteiger partial charge in [-0.3, -0.25) is 34.6 Å². The van der Waals surface area contributed by atoms with Gasteiger partial charge in [-0.2, -0.15) is 0 Å². The average Bonchev–Trinajstić information content (AvgIpc) is 2.87. The third-order valence-electron chi connectivity index (χ3n) is 6.31. The van der Waals surface area contributed by atoms with Gasteiger partial charge in [0.1, 0.15) is 5.60 Å². The number of nitrogens with zero attached hydrogens (tertiary/aromatic N) is 4. The second-order valence-electron chi connectivity index (χ2n) is 10.8. The molecule has 210 valence electrons. The summed E-state index contributed by atoms with van der Waals surface area (Å²) in [7, 11) is 0. The molecule has 0 aliphatic carbocycles. The number of amides is 4. The van der Waals surface area contributed by atoms with E-state index in [-0.39, 0.29) is 48.9 Å². The second-order valence-corrected chi connectivity index (χ2v) is 10.8. The zero-order valence-corrected chi connectivity index (χ0v) is 23.2. The van der Waals surface area contributed by atoms with Crippen LogP contribution in [0.4, 0.5) is 10.5 Å². The normalized spacial score (nSPS) is 21.8. The molecular weight excluding hydrogens is 500 g/mol. The van der Waals surface area contributed by atoms with Gasteiger partial charge in [0, 0.05) is 44.0 Å². The minimum atomic E-state index is -0.553. The highest BCUT2D eigenvalue weighted by atomic mass is 16.6. The predicted octanol–water partition coefficient (Wildman–Crippen LogP) is 2.95. The van der Waals surface area contributed by atoms with Crippen molar-refractivity contribution in [2.45, 2.75) is 71.1 Å². The standard InChI is InChI=1S/C23H33N5O5.C5H5N/c1-14-11-27(22(32)33-23(3,4)5)12-15(2)28(14)13-20(30)25-16-6-8-18(24-10-16)17-7-9-19(29)26-21(17)31;1-2-4-6-5-3-1/h6,8,10,14-15,17H,7,9,11-13H2,1-5H3,(H,25,30)(H,26,29,31);1-5H/t14-,15+,17?;. The molecule has 0 spiro atoms. The first-order valence-corrected chi connectivity index (χ1v) is 13.1. The molecule has 1 unspecified atom stereocenters. The molecule has 0 aromatic carbocycles. The lowest BCUT2D eigenvalue weighted by Gasteiger charge is -2.44. The minimum Gasteiger partial charge on any atom is -0.444 e. The van der Waals surface area contributed by atoms with Crippen LogP contribution in [0.3, 0.4) is 0 Å². The lowest BCUT2D eigenvalue weighted by Crippen LogP contribution is -2.59. The van der Waals surface area contributed by atoms with Gasteiger partial charge in [-0.25, -0.2) is 4.79 Å². The monoisotopic (exact) mass is 538 g/mol. The summed E-state index contributed by atoms with van der Waals surface area (Å²) in [6.07, 6.45) is 5.39. The van der Waals surface area contributed by atoms with E-state index in [1.165, 1.54) is 6.20 Å². The van der Waals surface area contributed by atoms with Gasteiger partial charge in [-0.1, -0.05) is 6.07 Å². The van der Waals surface area contributed by atoms with Crippen molar-refractivity contribution >= 4 is 29.5 Å². The Morgan fingerprint density at radius 2 is 1.74 bits per heavy atom. The van der Waals surface area contributed by atoms with Crippen LogP contribution >= 0.6 is 0 Å². The van der Waals surface area contributed by atoms with Crippen LogP contribution in [-0.4, -0.2) is 80.9 Å². The third-order valence-corrected chi connectivity index (χ3v) is 6.31. The van der Waals surface area contributed by atoms with Gasteiger partial charge >= 0.3 is 6.09 Å². The summed E-state index contributed by atoms with van der Waals surface area (Å²) in [6.45, 7) is 10.6. The van der Waals surface area contributed by atoms with Crippen molar-refractivity contribution in [3.8, 4) is 0 Å². The van der Waals surface area contributed by atoms with Crippen LogP contribution < -0.4 is 10.6 Å². The lowest BCUT2D eigenvalue weighted by molar-refractivity contribution is -0.134. The summed E-state index contributed by atoms with van der Waals surface area (Å²) in [4.78, 5) is 60.2. The maximum atomic E-state index is 12.7. The van der Waals surface area contributed by atoms with Gasteiger partial charge in [0.05, 0.1) is 30.0 Å². The predicted molar refractivity (Wildman–Crippen MR) is 146 cm³/mol. The summed E-state index contributed by atoms with van der Waals surface area (Å²) < 4.78 is 5.48. The van der Waals surface area contributed by atoms with Gasteiger partial charge in [-0.15, -0.1) is 0 Å². The lowest BCUT2D eigenvalue weighted by atomic mass is 9.94. The van der Waals surface area contributed by atoms with Crippen LogP contribution in [0.25, 0.3) is 0 Å². The molecule has 2 aliphatic heterocycles. The molecule has 4 amide bonds. The Kier molecular flexibility index (Phi) is 10.1. The van der Waals surface area contributed by atoms with E-state index in [4.69, 9.17) is 4.74 Å². The Labute approximate surface area is 229 Å². The number of anilines is 1. The van der Waals surface area contributed by atoms with Crippen molar-refractivity contribution in [1.82, 2.24) is 25.1 Å². The maximum Gasteiger partial charge on any atom is 0.410 e. The number of rotatable bonds is 4. The van der Waals surface area contributed by atoms with E-state index in [1.54, 1.807) is 29.4 Å². The molecule has 4 rings (SSSR count). The molecule has 0 bridgehead atoms. The molecule has 0 saturated carbocycles. The van der Waals surface area contributed by atoms with Crippen LogP contribution in [0.1, 0.15) is 59.1 Å². The molecule has 0 radical (unpaired) electrons. The molecule has 3 atom stereocenters. The van der Waals surface area contributed by atoms with E-state index in [0.717, 1.165) is 0 Å². The summed E-state index contributed by atoms with van der Waals surface area (Å²) in [5.41, 5.74) is 0.546. The highest BCUT2D eigenvalue weighted by Crippen LogP contribution is 2.24. The zero-order valence-electron chi connectivity index (χ0n) is 23.2. The van der Waals surface area contributed by atoms with Crippen molar-refractivity contribution in [3.05, 3.63) is 54.6 Å². The number of aromatic nitrogens is 2. The SMILES string of the molecule is C[C@@H]1CN(C(=O)OC(C)(C)C)C[C@H](C)N1CC(=O)Nc1ccc(C2CCC(=O)NC2=O)nc1.c1ccncc1. The van der Waals surface area contributed by atoms with Gasteiger partial charge < -0.3 is 15.0 Å². The number of hydrogen-bond acceptors (Lipinski definition) is 8. The molecule has 2 fully saturated rings. The maximum absolute atomic E-state index is 12.7. The van der Waals surface area contributed by atoms with Gasteiger partial charge in [0.25, 0.3) is 0 Å². The number of hydrogen-bond donors (Lipinski definition) is 2. The van der Waals surface area contributed by atoms with E-state index in [2.05, 4.69) is 25.5 Å². The number of piperidine rings is 1. The van der Waals surface area contributed by atoms with E-state index < -0.39 is 11.5 Å². The fourth-order valence-corrected chi connectivity index (χ4v) is 4.48. The molecule has 11 nitrogen and oxygen atoms in total. The second kappa shape index (κ2) is 13.3. The Hall–Kier alpha value is -3.86. The molecule has 2 aliphatic rings. The fraction of sp³-hybridized carbons (Fsp3) is 0.500. The van der Waals surface area contributed by atoms with Crippen molar-refractivity contribution in [3.63, 3.8) is 0 Å². The number of piperazine rings is 1. The Bertz CT molecular complexity index is 1100. The Balaban J connectivity index is 0.000000617. The fourth-order valence-electron chi connectivity index (χ4n) is 4.48. The molecule has 2 aromatic heterocycles. The highest BCUT2D eigenvalue weighted by molar-refractivity contribution is 6.00. The highest BCUT2D eigenvalue weighted by Gasteiger charge is 2.35. The molecule has 11 heteroatoms. The molecule has 2 N–H and O–H groups in total. The molecule has 2 aromatic rings. The van der Waals surface area contributed by atoms with Gasteiger partial charge in [0.15, 0.2) is 0 Å². The average molecular weight is 539 g/mol. The van der Waals surface area contributed by atoms with Crippen molar-refractivity contribution < 1.29 is 23.9 Å². The van der Waals surface area contributed by atoms with Crippen molar-refractivity contribution in [2.24, 2.45) is 0 Å². The molecule has 4 heterocycles. The summed E-state index contributed by atoms with van der Waals surface area (Å²) in [5, 5.41) is 5.16. The largest absolute Gasteiger partial charge is 0.444 e. The first-order chi connectivity index (χ1) is 18.4. The van der Waals surface area contributed by atoms with Crippen LogP contribution in [-0.2, 0) is 19.1 Å². The third kappa shape index (κ3) is 9.13. The minimum absolute atomic E-state index is 0.0138. The molecule has 2 saturated heterocycles. The van der Waals surface area contributed by atoms with E-state index in [0.29, 0.717) is 30.9 Å². The van der Waals surface area contributed by atoms with E-state index in [9.17, 15) is 19.2 Å². The van der Waals surface area contributed by atoms with Crippen LogP contribution in [0.2, 0.25) is 0 Å². The van der Waals surface area contributed by atoms with Gasteiger partial charge in [-0.05, 0) is 65.3 Å². The van der Waals surface area contributed by atoms with Crippen molar-refractivity contribution in [1.29, 1.82) is 0 Å². The van der Waals surface area contributed by atoms with Crippen LogP contribution in [0.5, 0.6) is 0 Å². The molecular formula is C28H38N6O5. The quantitative estimate of drug-likeness (QED) is 0.568. The number of pyridine rings is 2. The smallest absolute Gasteiger partial charge is 0.410 e. The van der Waals surface area contributed by atoms with Crippen LogP contribution in [0.15, 0.2) is 48.9 Å². The van der Waals surface area contributed by atoms with Gasteiger partial charge in [0.2, 0.25) is 17.7 Å². The summed E-state index contributed by atoms with van der Waals surface area (Å²) >= 11 is 0. The first kappa shape index (κ1) is 29.7.